The molecule has 0 unspecified atom stereocenters. The molecule has 0 bridgehead atoms. The molecule has 0 radical (unpaired) electrons. The second kappa shape index (κ2) is 6.15. The van der Waals surface area contributed by atoms with Gasteiger partial charge in [0.15, 0.2) is 11.6 Å². The molecule has 0 saturated carbocycles. The number of methoxy groups -OCH3 is 1. The lowest BCUT2D eigenvalue weighted by Gasteiger charge is -2.07. The third-order valence-electron chi connectivity index (χ3n) is 2.00. The van der Waals surface area contributed by atoms with Crippen LogP contribution in [0.15, 0.2) is 12.1 Å². The first-order valence-corrected chi connectivity index (χ1v) is 4.91. The highest BCUT2D eigenvalue weighted by Gasteiger charge is 2.17. The molecule has 0 fully saturated rings. The van der Waals surface area contributed by atoms with Crippen molar-refractivity contribution >= 4 is 5.97 Å². The smallest absolute Gasteiger partial charge is 0.341 e. The van der Waals surface area contributed by atoms with Gasteiger partial charge in [0, 0.05) is 19.1 Å². The summed E-state index contributed by atoms with van der Waals surface area (Å²) in [4.78, 5) is 11.3. The highest BCUT2D eigenvalue weighted by Crippen LogP contribution is 2.21. The largest absolute Gasteiger partial charge is 0.494 e. The van der Waals surface area contributed by atoms with E-state index in [2.05, 4.69) is 9.47 Å². The zero-order valence-corrected chi connectivity index (χ0v) is 9.20. The Morgan fingerprint density at radius 2 is 2.06 bits per heavy atom. The SMILES string of the molecule is COc1cc(F)c(C(=O)OCCCO)cc1F. The van der Waals surface area contributed by atoms with Gasteiger partial charge in [-0.3, -0.25) is 0 Å². The number of rotatable bonds is 5. The Hall–Kier alpha value is -1.69. The summed E-state index contributed by atoms with van der Waals surface area (Å²) in [6, 6.07) is 1.49. The fraction of sp³-hybridized carbons (Fsp3) is 0.364. The van der Waals surface area contributed by atoms with Crippen molar-refractivity contribution in [3.8, 4) is 5.75 Å². The topological polar surface area (TPSA) is 55.8 Å². The van der Waals surface area contributed by atoms with Gasteiger partial charge in [0.05, 0.1) is 19.3 Å². The number of carbonyl (C=O) groups is 1. The van der Waals surface area contributed by atoms with Gasteiger partial charge in [-0.2, -0.15) is 0 Å². The van der Waals surface area contributed by atoms with E-state index in [-0.39, 0.29) is 25.4 Å². The highest BCUT2D eigenvalue weighted by atomic mass is 19.1. The van der Waals surface area contributed by atoms with E-state index in [0.29, 0.717) is 0 Å². The van der Waals surface area contributed by atoms with Gasteiger partial charge in [-0.25, -0.2) is 13.6 Å². The van der Waals surface area contributed by atoms with E-state index in [1.165, 1.54) is 7.11 Å². The fourth-order valence-electron chi connectivity index (χ4n) is 1.15. The number of ether oxygens (including phenoxy) is 2. The molecule has 94 valence electrons. The molecule has 0 aliphatic heterocycles. The molecule has 6 heteroatoms. The van der Waals surface area contributed by atoms with Crippen LogP contribution in [-0.4, -0.2) is 31.4 Å². The Bertz CT molecular complexity index is 407. The molecular weight excluding hydrogens is 234 g/mol. The lowest BCUT2D eigenvalue weighted by molar-refractivity contribution is 0.0476. The monoisotopic (exact) mass is 246 g/mol. The molecular formula is C11H12F2O4. The van der Waals surface area contributed by atoms with E-state index in [4.69, 9.17) is 5.11 Å². The Balaban J connectivity index is 2.83. The van der Waals surface area contributed by atoms with Crippen molar-refractivity contribution in [2.75, 3.05) is 20.3 Å². The average Bonchev–Trinajstić information content (AvgIpc) is 2.31. The van der Waals surface area contributed by atoms with Gasteiger partial charge in [0.1, 0.15) is 5.82 Å². The molecule has 0 saturated heterocycles. The maximum Gasteiger partial charge on any atom is 0.341 e. The average molecular weight is 246 g/mol. The van der Waals surface area contributed by atoms with Crippen molar-refractivity contribution in [1.29, 1.82) is 0 Å². The summed E-state index contributed by atoms with van der Waals surface area (Å²) >= 11 is 0. The molecule has 4 nitrogen and oxygen atoms in total. The van der Waals surface area contributed by atoms with Gasteiger partial charge in [0.25, 0.3) is 0 Å². The fourth-order valence-corrected chi connectivity index (χ4v) is 1.15. The van der Waals surface area contributed by atoms with E-state index < -0.39 is 23.2 Å². The first-order chi connectivity index (χ1) is 8.10. The first kappa shape index (κ1) is 13.4. The second-order valence-corrected chi connectivity index (χ2v) is 3.18. The maximum absolute atomic E-state index is 13.4. The third-order valence-corrected chi connectivity index (χ3v) is 2.00. The molecule has 0 aliphatic rings. The molecule has 0 atom stereocenters. The predicted molar refractivity (Wildman–Crippen MR) is 54.9 cm³/mol. The Morgan fingerprint density at radius 1 is 1.35 bits per heavy atom. The quantitative estimate of drug-likeness (QED) is 0.632. The molecule has 17 heavy (non-hydrogen) atoms. The summed E-state index contributed by atoms with van der Waals surface area (Å²) in [5.74, 6) is -3.02. The Kier molecular flexibility index (Phi) is 4.84. The molecule has 1 N–H and O–H groups in total. The standard InChI is InChI=1S/C11H12F2O4/c1-16-10-6-8(12)7(5-9(10)13)11(15)17-4-2-3-14/h5-6,14H,2-4H2,1H3. The summed E-state index contributed by atoms with van der Waals surface area (Å²) in [5, 5.41) is 8.47. The van der Waals surface area contributed by atoms with E-state index in [0.717, 1.165) is 12.1 Å². The van der Waals surface area contributed by atoms with E-state index >= 15 is 0 Å². The van der Waals surface area contributed by atoms with Crippen molar-refractivity contribution in [2.45, 2.75) is 6.42 Å². The van der Waals surface area contributed by atoms with Crippen LogP contribution in [0, 0.1) is 11.6 Å². The number of carbonyl (C=O) groups excluding carboxylic acids is 1. The molecule has 0 aliphatic carbocycles. The van der Waals surface area contributed by atoms with Gasteiger partial charge >= 0.3 is 5.97 Å². The van der Waals surface area contributed by atoms with Gasteiger partial charge in [-0.15, -0.1) is 0 Å². The van der Waals surface area contributed by atoms with Crippen LogP contribution in [0.2, 0.25) is 0 Å². The van der Waals surface area contributed by atoms with Crippen LogP contribution in [0.5, 0.6) is 5.75 Å². The van der Waals surface area contributed by atoms with Gasteiger partial charge in [0.2, 0.25) is 0 Å². The van der Waals surface area contributed by atoms with Crippen LogP contribution in [-0.2, 0) is 4.74 Å². The van der Waals surface area contributed by atoms with Gasteiger partial charge in [-0.1, -0.05) is 0 Å². The third kappa shape index (κ3) is 3.39. The van der Waals surface area contributed by atoms with Crippen molar-refractivity contribution in [1.82, 2.24) is 0 Å². The number of halogens is 2. The highest BCUT2D eigenvalue weighted by molar-refractivity contribution is 5.89. The maximum atomic E-state index is 13.4. The number of aliphatic hydroxyl groups is 1. The van der Waals surface area contributed by atoms with Crippen LogP contribution in [0.4, 0.5) is 8.78 Å². The lowest BCUT2D eigenvalue weighted by Crippen LogP contribution is -2.10. The lowest BCUT2D eigenvalue weighted by atomic mass is 10.2. The Labute approximate surface area is 96.8 Å². The number of hydrogen-bond acceptors (Lipinski definition) is 4. The zero-order valence-electron chi connectivity index (χ0n) is 9.20. The first-order valence-electron chi connectivity index (χ1n) is 4.91. The van der Waals surface area contributed by atoms with E-state index in [9.17, 15) is 13.6 Å². The summed E-state index contributed by atoms with van der Waals surface area (Å²) in [5.41, 5.74) is -0.499. The summed E-state index contributed by atoms with van der Waals surface area (Å²) in [7, 11) is 1.19. The molecule has 0 amide bonds. The van der Waals surface area contributed by atoms with Crippen molar-refractivity contribution in [2.24, 2.45) is 0 Å². The van der Waals surface area contributed by atoms with Gasteiger partial charge < -0.3 is 14.6 Å². The normalized spacial score (nSPS) is 10.1. The molecule has 1 rings (SSSR count). The minimum Gasteiger partial charge on any atom is -0.494 e. The molecule has 0 aromatic heterocycles. The van der Waals surface area contributed by atoms with Gasteiger partial charge in [-0.05, 0) is 6.07 Å². The van der Waals surface area contributed by atoms with Crippen molar-refractivity contribution in [3.63, 3.8) is 0 Å². The molecule has 0 heterocycles. The van der Waals surface area contributed by atoms with E-state index in [1.54, 1.807) is 0 Å². The van der Waals surface area contributed by atoms with Crippen LogP contribution >= 0.6 is 0 Å². The van der Waals surface area contributed by atoms with Crippen LogP contribution in [0.3, 0.4) is 0 Å². The summed E-state index contributed by atoms with van der Waals surface area (Å²) < 4.78 is 35.8. The molecule has 1 aromatic rings. The van der Waals surface area contributed by atoms with Crippen molar-refractivity contribution < 1.29 is 28.2 Å². The molecule has 1 aromatic carbocycles. The van der Waals surface area contributed by atoms with E-state index in [1.807, 2.05) is 0 Å². The number of aliphatic hydroxyl groups excluding tert-OH is 1. The minimum absolute atomic E-state index is 0.0532. The number of esters is 1. The van der Waals surface area contributed by atoms with Crippen LogP contribution < -0.4 is 4.74 Å². The molecule has 0 spiro atoms. The summed E-state index contributed by atoms with van der Waals surface area (Å²) in [6.45, 7) is -0.199. The zero-order chi connectivity index (χ0) is 12.8. The van der Waals surface area contributed by atoms with Crippen LogP contribution in [0.1, 0.15) is 16.8 Å². The number of benzene rings is 1. The summed E-state index contributed by atoms with van der Waals surface area (Å²) in [6.07, 6.45) is 0.242. The number of hydrogen-bond donors (Lipinski definition) is 1. The minimum atomic E-state index is -0.975. The predicted octanol–water partition coefficient (Wildman–Crippen LogP) is 1.51. The second-order valence-electron chi connectivity index (χ2n) is 3.18. The van der Waals surface area contributed by atoms with Crippen LogP contribution in [0.25, 0.3) is 0 Å². The Morgan fingerprint density at radius 3 is 2.65 bits per heavy atom. The van der Waals surface area contributed by atoms with Crippen molar-refractivity contribution in [3.05, 3.63) is 29.3 Å².